The van der Waals surface area contributed by atoms with Crippen molar-refractivity contribution in [2.45, 2.75) is 0 Å². The average molecular weight is 817 g/mol. The van der Waals surface area contributed by atoms with Crippen molar-refractivity contribution in [3.63, 3.8) is 0 Å². The van der Waals surface area contributed by atoms with Crippen molar-refractivity contribution in [3.05, 3.63) is 218 Å². The van der Waals surface area contributed by atoms with Gasteiger partial charge in [0.1, 0.15) is 11.2 Å². The highest BCUT2D eigenvalue weighted by Crippen LogP contribution is 2.42. The van der Waals surface area contributed by atoms with Crippen LogP contribution in [0.5, 0.6) is 0 Å². The third kappa shape index (κ3) is 5.83. The molecule has 5 nitrogen and oxygen atoms in total. The van der Waals surface area contributed by atoms with Crippen molar-refractivity contribution in [3.8, 4) is 62.1 Å². The van der Waals surface area contributed by atoms with E-state index in [4.69, 9.17) is 19.4 Å². The summed E-state index contributed by atoms with van der Waals surface area (Å²) in [4.78, 5) is 15.1. The van der Waals surface area contributed by atoms with Crippen LogP contribution in [0.4, 0.5) is 0 Å². The first-order chi connectivity index (χ1) is 31.7. The van der Waals surface area contributed by atoms with Crippen LogP contribution in [0, 0.1) is 0 Å². The summed E-state index contributed by atoms with van der Waals surface area (Å²) in [7, 11) is 0. The third-order valence-electron chi connectivity index (χ3n) is 12.6. The molecule has 0 aliphatic heterocycles. The summed E-state index contributed by atoms with van der Waals surface area (Å²) in [5, 5.41) is 9.32. The first kappa shape index (κ1) is 36.0. The summed E-state index contributed by atoms with van der Waals surface area (Å²) < 4.78 is 8.89. The Morgan fingerprint density at radius 2 is 0.891 bits per heavy atom. The average Bonchev–Trinajstić information content (AvgIpc) is 3.92. The lowest BCUT2D eigenvalue weighted by Crippen LogP contribution is -2.00. The molecule has 5 heteroatoms. The Hall–Kier alpha value is -8.67. The first-order valence-corrected chi connectivity index (χ1v) is 21.6. The molecule has 64 heavy (non-hydrogen) atoms. The van der Waals surface area contributed by atoms with E-state index in [1.54, 1.807) is 0 Å². The molecule has 0 spiro atoms. The van der Waals surface area contributed by atoms with E-state index >= 15 is 0 Å². The predicted molar refractivity (Wildman–Crippen MR) is 264 cm³/mol. The van der Waals surface area contributed by atoms with Crippen molar-refractivity contribution in [2.75, 3.05) is 0 Å². The molecule has 0 amide bonds. The molecular formula is C59H36N4O. The lowest BCUT2D eigenvalue weighted by molar-refractivity contribution is 0.669. The second-order valence-electron chi connectivity index (χ2n) is 16.4. The monoisotopic (exact) mass is 816 g/mol. The van der Waals surface area contributed by atoms with Crippen LogP contribution < -0.4 is 0 Å². The van der Waals surface area contributed by atoms with Crippen LogP contribution >= 0.6 is 0 Å². The molecule has 13 aromatic rings. The minimum Gasteiger partial charge on any atom is -0.456 e. The lowest BCUT2D eigenvalue weighted by Gasteiger charge is -2.13. The van der Waals surface area contributed by atoms with E-state index < -0.39 is 0 Å². The van der Waals surface area contributed by atoms with E-state index in [1.807, 2.05) is 72.8 Å². The quantitative estimate of drug-likeness (QED) is 0.157. The molecule has 0 aliphatic carbocycles. The van der Waals surface area contributed by atoms with Gasteiger partial charge in [-0.1, -0.05) is 158 Å². The zero-order chi connectivity index (χ0) is 42.1. The Morgan fingerprint density at radius 3 is 1.64 bits per heavy atom. The van der Waals surface area contributed by atoms with Crippen molar-refractivity contribution < 1.29 is 4.42 Å². The van der Waals surface area contributed by atoms with E-state index in [-0.39, 0.29) is 0 Å². The maximum atomic E-state index is 6.52. The highest BCUT2D eigenvalue weighted by atomic mass is 16.3. The number of rotatable bonds is 6. The topological polar surface area (TPSA) is 56.7 Å². The number of para-hydroxylation sites is 2. The summed E-state index contributed by atoms with van der Waals surface area (Å²) in [6, 6.07) is 77.1. The van der Waals surface area contributed by atoms with Gasteiger partial charge < -0.3 is 8.98 Å². The largest absolute Gasteiger partial charge is 0.456 e. The Bertz CT molecular complexity index is 3890. The van der Waals surface area contributed by atoms with E-state index in [0.717, 1.165) is 55.4 Å². The van der Waals surface area contributed by atoms with Crippen LogP contribution in [0.1, 0.15) is 0 Å². The van der Waals surface area contributed by atoms with Gasteiger partial charge in [0.2, 0.25) is 0 Å². The Labute approximate surface area is 368 Å². The van der Waals surface area contributed by atoms with E-state index in [9.17, 15) is 0 Å². The van der Waals surface area contributed by atoms with Crippen molar-refractivity contribution >= 4 is 65.3 Å². The molecule has 0 saturated heterocycles. The van der Waals surface area contributed by atoms with Gasteiger partial charge in [0.15, 0.2) is 17.5 Å². The van der Waals surface area contributed by atoms with Crippen LogP contribution in [0.3, 0.4) is 0 Å². The number of hydrogen-bond acceptors (Lipinski definition) is 4. The molecule has 3 aromatic heterocycles. The van der Waals surface area contributed by atoms with Crippen molar-refractivity contribution in [1.29, 1.82) is 0 Å². The van der Waals surface area contributed by atoms with Gasteiger partial charge in [-0.2, -0.15) is 0 Å². The molecular weight excluding hydrogens is 781 g/mol. The van der Waals surface area contributed by atoms with Crippen LogP contribution in [0.15, 0.2) is 223 Å². The fourth-order valence-corrected chi connectivity index (χ4v) is 9.64. The SMILES string of the molecule is c1ccc(-c2nc(-c3ccccc3)nc(-c3cccc4oc5ccc(-c6ccc7cc(-c8ccc9c(c8)c8ccccc8n9-c8ccccc8)c8ccccc8c7c6)cc5c34)n2)cc1. The first-order valence-electron chi connectivity index (χ1n) is 21.6. The number of benzene rings is 10. The van der Waals surface area contributed by atoms with Gasteiger partial charge >= 0.3 is 0 Å². The summed E-state index contributed by atoms with van der Waals surface area (Å²) in [6.45, 7) is 0. The van der Waals surface area contributed by atoms with Crippen molar-refractivity contribution in [1.82, 2.24) is 19.5 Å². The normalized spacial score (nSPS) is 11.8. The van der Waals surface area contributed by atoms with Gasteiger partial charge in [-0.25, -0.2) is 15.0 Å². The van der Waals surface area contributed by atoms with Crippen LogP contribution in [-0.2, 0) is 0 Å². The highest BCUT2D eigenvalue weighted by molar-refractivity contribution is 6.17. The third-order valence-corrected chi connectivity index (χ3v) is 12.6. The Kier molecular flexibility index (Phi) is 8.15. The molecule has 3 heterocycles. The molecule has 0 unspecified atom stereocenters. The number of fused-ring (bicyclic) bond motifs is 9. The minimum absolute atomic E-state index is 0.598. The van der Waals surface area contributed by atoms with Gasteiger partial charge in [0, 0.05) is 43.9 Å². The standard InChI is InChI=1S/C59H36N4O/c1-4-15-37(16-5-1)57-60-58(38-17-6-2-7-18-38)62-59(61-57)47-24-14-26-55-56(47)51-34-40(30-32-54(51)64-55)39-27-28-41-35-49(45-22-11-10-21-44(45)48(41)33-39)42-29-31-53-50(36-42)46-23-12-13-25-52(46)63(53)43-19-8-3-9-20-43/h1-36H. The summed E-state index contributed by atoms with van der Waals surface area (Å²) in [5.41, 5.74) is 12.6. The molecule has 298 valence electrons. The maximum Gasteiger partial charge on any atom is 0.164 e. The van der Waals surface area contributed by atoms with Crippen molar-refractivity contribution in [2.24, 2.45) is 0 Å². The molecule has 0 radical (unpaired) electrons. The van der Waals surface area contributed by atoms with Gasteiger partial charge in [0.05, 0.1) is 11.0 Å². The molecule has 0 bridgehead atoms. The maximum absolute atomic E-state index is 6.52. The highest BCUT2D eigenvalue weighted by Gasteiger charge is 2.20. The van der Waals surface area contributed by atoms with Gasteiger partial charge in [-0.05, 0) is 104 Å². The summed E-state index contributed by atoms with van der Waals surface area (Å²) in [6.07, 6.45) is 0. The van der Waals surface area contributed by atoms with Gasteiger partial charge in [-0.15, -0.1) is 0 Å². The zero-order valence-electron chi connectivity index (χ0n) is 34.5. The minimum atomic E-state index is 0.598. The van der Waals surface area contributed by atoms with Gasteiger partial charge in [-0.3, -0.25) is 0 Å². The fraction of sp³-hybridized carbons (Fsp3) is 0. The Balaban J connectivity index is 0.945. The zero-order valence-corrected chi connectivity index (χ0v) is 34.5. The van der Waals surface area contributed by atoms with Crippen LogP contribution in [0.25, 0.3) is 127 Å². The number of furan rings is 1. The molecule has 0 aliphatic rings. The molecule has 0 atom stereocenters. The van der Waals surface area contributed by atoms with Crippen LogP contribution in [-0.4, -0.2) is 19.5 Å². The Morgan fingerprint density at radius 1 is 0.312 bits per heavy atom. The number of aromatic nitrogens is 4. The summed E-state index contributed by atoms with van der Waals surface area (Å²) in [5.74, 6) is 1.84. The van der Waals surface area contributed by atoms with E-state index in [2.05, 4.69) is 150 Å². The lowest BCUT2D eigenvalue weighted by atomic mass is 9.91. The summed E-state index contributed by atoms with van der Waals surface area (Å²) >= 11 is 0. The molecule has 0 fully saturated rings. The second kappa shape index (κ2) is 14.5. The second-order valence-corrected chi connectivity index (χ2v) is 16.4. The predicted octanol–water partition coefficient (Wildman–Crippen LogP) is 15.5. The van der Waals surface area contributed by atoms with Gasteiger partial charge in [0.25, 0.3) is 0 Å². The smallest absolute Gasteiger partial charge is 0.164 e. The van der Waals surface area contributed by atoms with Crippen LogP contribution in [0.2, 0.25) is 0 Å². The van der Waals surface area contributed by atoms with E-state index in [1.165, 1.54) is 54.5 Å². The molecule has 13 rings (SSSR count). The molecule has 10 aromatic carbocycles. The number of hydrogen-bond donors (Lipinski definition) is 0. The molecule has 0 N–H and O–H groups in total. The number of nitrogens with zero attached hydrogens (tertiary/aromatic N) is 4. The molecule has 0 saturated carbocycles. The van der Waals surface area contributed by atoms with E-state index in [0.29, 0.717) is 17.5 Å². The fourth-order valence-electron chi connectivity index (χ4n) is 9.64.